The molecule has 5 aliphatic rings. The maximum absolute atomic E-state index is 13.0. The molecule has 2 unspecified atom stereocenters. The first kappa shape index (κ1) is 19.5. The number of hydrogen-bond donors (Lipinski definition) is 0. The molecule has 0 bridgehead atoms. The average molecular weight is 469 g/mol. The predicted molar refractivity (Wildman–Crippen MR) is 119 cm³/mol. The van der Waals surface area contributed by atoms with Crippen molar-refractivity contribution in [2.45, 2.75) is 63.6 Å². The van der Waals surface area contributed by atoms with Crippen LogP contribution in [-0.4, -0.2) is 24.8 Å². The normalized spacial score (nSPS) is 37.1. The zero-order chi connectivity index (χ0) is 20.5. The van der Waals surface area contributed by atoms with E-state index in [4.69, 9.17) is 9.47 Å². The van der Waals surface area contributed by atoms with Crippen molar-refractivity contribution in [1.82, 2.24) is 0 Å². The molecule has 2 saturated carbocycles. The third kappa shape index (κ3) is 2.79. The summed E-state index contributed by atoms with van der Waals surface area (Å²) in [6, 6.07) is 8.76. The Labute approximate surface area is 187 Å². The highest BCUT2D eigenvalue weighted by Gasteiger charge is 2.56. The molecule has 30 heavy (non-hydrogen) atoms. The quantitative estimate of drug-likeness (QED) is 0.499. The van der Waals surface area contributed by atoms with Crippen LogP contribution in [0.15, 0.2) is 51.5 Å². The third-order valence-electron chi connectivity index (χ3n) is 8.63. The molecule has 1 saturated heterocycles. The molecule has 4 heteroatoms. The third-order valence-corrected chi connectivity index (χ3v) is 9.13. The first-order valence-corrected chi connectivity index (χ1v) is 12.3. The molecule has 0 radical (unpaired) electrons. The molecule has 0 N–H and O–H groups in total. The number of carbonyl (C=O) groups excluding carboxylic acids is 1. The van der Waals surface area contributed by atoms with Crippen molar-refractivity contribution in [3.05, 3.63) is 57.1 Å². The Morgan fingerprint density at radius 2 is 1.93 bits per heavy atom. The van der Waals surface area contributed by atoms with Crippen molar-refractivity contribution in [2.24, 2.45) is 17.3 Å². The first-order chi connectivity index (χ1) is 14.5. The lowest BCUT2D eigenvalue weighted by Crippen LogP contribution is -2.44. The molecule has 3 nitrogen and oxygen atoms in total. The number of halogens is 1. The molecule has 1 spiro atoms. The van der Waals surface area contributed by atoms with E-state index >= 15 is 0 Å². The summed E-state index contributed by atoms with van der Waals surface area (Å²) in [6.45, 7) is 3.66. The van der Waals surface area contributed by atoms with Crippen molar-refractivity contribution in [2.75, 3.05) is 13.2 Å². The van der Waals surface area contributed by atoms with Crippen molar-refractivity contribution < 1.29 is 14.3 Å². The number of ketones is 1. The van der Waals surface area contributed by atoms with E-state index in [-0.39, 0.29) is 5.41 Å². The fourth-order valence-electron chi connectivity index (χ4n) is 7.28. The molecular formula is C26H29BrO3. The van der Waals surface area contributed by atoms with E-state index in [1.165, 1.54) is 11.1 Å². The van der Waals surface area contributed by atoms with E-state index in [1.54, 1.807) is 11.1 Å². The van der Waals surface area contributed by atoms with Crippen LogP contribution in [0.2, 0.25) is 0 Å². The van der Waals surface area contributed by atoms with Crippen LogP contribution in [0, 0.1) is 17.3 Å². The fraction of sp³-hybridized carbons (Fsp3) is 0.577. The van der Waals surface area contributed by atoms with Crippen LogP contribution in [0.3, 0.4) is 0 Å². The SMILES string of the molecule is C[C@]12C[C@H](c3cccc(Br)c3)C3=C4CCC5(C=C4CCC3C1CCC2=O)OCCO5. The number of ether oxygens (including phenoxy) is 2. The van der Waals surface area contributed by atoms with Gasteiger partial charge in [0.1, 0.15) is 5.78 Å². The molecule has 1 aromatic carbocycles. The number of rotatable bonds is 1. The van der Waals surface area contributed by atoms with Gasteiger partial charge in [0.25, 0.3) is 0 Å². The minimum absolute atomic E-state index is 0.170. The zero-order valence-corrected chi connectivity index (χ0v) is 19.2. The number of allylic oxidation sites excluding steroid dienone is 3. The summed E-state index contributed by atoms with van der Waals surface area (Å²) in [5.41, 5.74) is 5.82. The maximum atomic E-state index is 13.0. The number of carbonyl (C=O) groups is 1. The smallest absolute Gasteiger partial charge is 0.188 e. The van der Waals surface area contributed by atoms with Crippen LogP contribution in [0.1, 0.15) is 63.4 Å². The Hall–Kier alpha value is -1.23. The predicted octanol–water partition coefficient (Wildman–Crippen LogP) is 6.09. The van der Waals surface area contributed by atoms with Gasteiger partial charge in [-0.15, -0.1) is 0 Å². The van der Waals surface area contributed by atoms with E-state index in [0.717, 1.165) is 49.4 Å². The Bertz CT molecular complexity index is 970. The standard InChI is InChI=1S/C26H29BrO3/c1-25-15-21(16-3-2-4-18(27)13-16)24-19-9-10-26(29-11-12-30-26)14-17(19)5-6-20(24)22(25)7-8-23(25)28/h2-4,13-14,20-22H,5-12,15H2,1H3/t20?,21-,22?,25+/m1/s1. The van der Waals surface area contributed by atoms with Gasteiger partial charge in [-0.3, -0.25) is 4.79 Å². The van der Waals surface area contributed by atoms with Gasteiger partial charge in [-0.05, 0) is 78.9 Å². The van der Waals surface area contributed by atoms with Crippen LogP contribution < -0.4 is 0 Å². The summed E-state index contributed by atoms with van der Waals surface area (Å²) in [5.74, 6) is 1.38. The fourth-order valence-corrected chi connectivity index (χ4v) is 7.69. The monoisotopic (exact) mass is 468 g/mol. The lowest BCUT2D eigenvalue weighted by Gasteiger charge is -2.51. The number of Topliss-reactive ketones (excluding diaryl/α,β-unsaturated/α-hetero) is 1. The molecule has 1 aliphatic heterocycles. The molecule has 1 aromatic rings. The van der Waals surface area contributed by atoms with Gasteiger partial charge in [0.2, 0.25) is 0 Å². The van der Waals surface area contributed by atoms with Gasteiger partial charge in [-0.1, -0.05) is 40.6 Å². The topological polar surface area (TPSA) is 35.5 Å². The highest BCUT2D eigenvalue weighted by atomic mass is 79.9. The Morgan fingerprint density at radius 3 is 2.73 bits per heavy atom. The van der Waals surface area contributed by atoms with Crippen LogP contribution in [0.25, 0.3) is 0 Å². The molecule has 4 aliphatic carbocycles. The second kappa shape index (κ2) is 6.88. The molecule has 1 heterocycles. The Morgan fingerprint density at radius 1 is 1.10 bits per heavy atom. The number of hydrogen-bond acceptors (Lipinski definition) is 3. The van der Waals surface area contributed by atoms with E-state index in [0.29, 0.717) is 36.8 Å². The Kier molecular flexibility index (Phi) is 4.46. The highest BCUT2D eigenvalue weighted by molar-refractivity contribution is 9.10. The van der Waals surface area contributed by atoms with Crippen LogP contribution in [0.4, 0.5) is 0 Å². The van der Waals surface area contributed by atoms with Gasteiger partial charge in [0.15, 0.2) is 5.79 Å². The lowest BCUT2D eigenvalue weighted by molar-refractivity contribution is -0.128. The lowest BCUT2D eigenvalue weighted by atomic mass is 9.53. The van der Waals surface area contributed by atoms with Crippen LogP contribution >= 0.6 is 15.9 Å². The van der Waals surface area contributed by atoms with Gasteiger partial charge >= 0.3 is 0 Å². The Balaban J connectivity index is 1.51. The summed E-state index contributed by atoms with van der Waals surface area (Å²) < 4.78 is 13.2. The molecule has 0 aromatic heterocycles. The summed E-state index contributed by atoms with van der Waals surface area (Å²) in [4.78, 5) is 13.0. The second-order valence-electron chi connectivity index (χ2n) is 10.1. The molecule has 3 fully saturated rings. The number of fused-ring (bicyclic) bond motifs is 4. The summed E-state index contributed by atoms with van der Waals surface area (Å²) in [5, 5.41) is 0. The highest BCUT2D eigenvalue weighted by Crippen LogP contribution is 2.63. The van der Waals surface area contributed by atoms with Crippen molar-refractivity contribution in [3.8, 4) is 0 Å². The van der Waals surface area contributed by atoms with Gasteiger partial charge in [0.05, 0.1) is 13.2 Å². The first-order valence-electron chi connectivity index (χ1n) is 11.5. The average Bonchev–Trinajstić information content (AvgIpc) is 3.31. The van der Waals surface area contributed by atoms with Crippen molar-refractivity contribution in [1.29, 1.82) is 0 Å². The van der Waals surface area contributed by atoms with Crippen LogP contribution in [-0.2, 0) is 14.3 Å². The zero-order valence-electron chi connectivity index (χ0n) is 17.6. The summed E-state index contributed by atoms with van der Waals surface area (Å²) in [7, 11) is 0. The summed E-state index contributed by atoms with van der Waals surface area (Å²) in [6.07, 6.45) is 9.26. The van der Waals surface area contributed by atoms with Crippen molar-refractivity contribution >= 4 is 21.7 Å². The minimum atomic E-state index is -0.482. The molecule has 6 rings (SSSR count). The summed E-state index contributed by atoms with van der Waals surface area (Å²) >= 11 is 3.68. The van der Waals surface area contributed by atoms with E-state index in [9.17, 15) is 4.79 Å². The second-order valence-corrected chi connectivity index (χ2v) is 11.0. The van der Waals surface area contributed by atoms with Gasteiger partial charge in [-0.25, -0.2) is 0 Å². The van der Waals surface area contributed by atoms with Gasteiger partial charge in [0, 0.05) is 28.6 Å². The molecule has 158 valence electrons. The maximum Gasteiger partial charge on any atom is 0.188 e. The van der Waals surface area contributed by atoms with E-state index in [1.807, 2.05) is 0 Å². The van der Waals surface area contributed by atoms with Crippen LogP contribution in [0.5, 0.6) is 0 Å². The largest absolute Gasteiger partial charge is 0.344 e. The van der Waals surface area contributed by atoms with Crippen molar-refractivity contribution in [3.63, 3.8) is 0 Å². The minimum Gasteiger partial charge on any atom is -0.344 e. The number of benzene rings is 1. The van der Waals surface area contributed by atoms with E-state index < -0.39 is 5.79 Å². The van der Waals surface area contributed by atoms with Gasteiger partial charge < -0.3 is 9.47 Å². The van der Waals surface area contributed by atoms with Gasteiger partial charge in [-0.2, -0.15) is 0 Å². The molecular weight excluding hydrogens is 440 g/mol. The molecule has 0 amide bonds. The molecule has 4 atom stereocenters. The van der Waals surface area contributed by atoms with E-state index in [2.05, 4.69) is 53.2 Å².